The molecule has 0 spiro atoms. The summed E-state index contributed by atoms with van der Waals surface area (Å²) in [7, 11) is 0. The van der Waals surface area contributed by atoms with Crippen LogP contribution in [0.5, 0.6) is 0 Å². The van der Waals surface area contributed by atoms with E-state index in [0.717, 1.165) is 0 Å². The maximum atomic E-state index is 5.65. The van der Waals surface area contributed by atoms with Crippen LogP contribution in [0.2, 0.25) is 0 Å². The SMILES string of the molecule is C=CC[C@H](N)c1nnc(C)o1. The molecule has 0 radical (unpaired) electrons. The van der Waals surface area contributed by atoms with Gasteiger partial charge in [0.1, 0.15) is 0 Å². The minimum Gasteiger partial charge on any atom is -0.424 e. The maximum absolute atomic E-state index is 5.65. The molecule has 0 saturated carbocycles. The summed E-state index contributed by atoms with van der Waals surface area (Å²) in [6.45, 7) is 5.30. The van der Waals surface area contributed by atoms with Gasteiger partial charge in [-0.2, -0.15) is 0 Å². The summed E-state index contributed by atoms with van der Waals surface area (Å²) < 4.78 is 5.10. The molecule has 0 aliphatic carbocycles. The molecule has 1 aromatic rings. The monoisotopic (exact) mass is 153 g/mol. The van der Waals surface area contributed by atoms with E-state index in [0.29, 0.717) is 18.2 Å². The van der Waals surface area contributed by atoms with Crippen LogP contribution in [0, 0.1) is 6.92 Å². The van der Waals surface area contributed by atoms with Gasteiger partial charge in [-0.15, -0.1) is 16.8 Å². The fourth-order valence-electron chi connectivity index (χ4n) is 0.742. The van der Waals surface area contributed by atoms with Crippen molar-refractivity contribution in [2.75, 3.05) is 0 Å². The van der Waals surface area contributed by atoms with E-state index in [4.69, 9.17) is 10.2 Å². The van der Waals surface area contributed by atoms with Crippen molar-refractivity contribution in [2.45, 2.75) is 19.4 Å². The molecule has 11 heavy (non-hydrogen) atoms. The van der Waals surface area contributed by atoms with E-state index in [1.165, 1.54) is 0 Å². The van der Waals surface area contributed by atoms with Crippen molar-refractivity contribution in [3.8, 4) is 0 Å². The number of aromatic nitrogens is 2. The molecule has 0 bridgehead atoms. The van der Waals surface area contributed by atoms with Crippen LogP contribution >= 0.6 is 0 Å². The van der Waals surface area contributed by atoms with Gasteiger partial charge in [0.25, 0.3) is 0 Å². The average molecular weight is 153 g/mol. The van der Waals surface area contributed by atoms with Gasteiger partial charge in [-0.3, -0.25) is 0 Å². The lowest BCUT2D eigenvalue weighted by Gasteiger charge is -2.00. The molecule has 0 amide bonds. The molecule has 0 aromatic carbocycles. The number of hydrogen-bond acceptors (Lipinski definition) is 4. The number of aryl methyl sites for hydroxylation is 1. The van der Waals surface area contributed by atoms with Gasteiger partial charge >= 0.3 is 0 Å². The fourth-order valence-corrected chi connectivity index (χ4v) is 0.742. The molecule has 0 unspecified atom stereocenters. The summed E-state index contributed by atoms with van der Waals surface area (Å²) in [5, 5.41) is 7.43. The van der Waals surface area contributed by atoms with Crippen LogP contribution in [0.1, 0.15) is 24.2 Å². The van der Waals surface area contributed by atoms with Gasteiger partial charge in [-0.05, 0) is 6.42 Å². The van der Waals surface area contributed by atoms with Gasteiger partial charge in [0.05, 0.1) is 6.04 Å². The lowest BCUT2D eigenvalue weighted by atomic mass is 10.2. The molecule has 0 saturated heterocycles. The van der Waals surface area contributed by atoms with E-state index in [-0.39, 0.29) is 6.04 Å². The third kappa shape index (κ3) is 1.88. The Morgan fingerprint density at radius 2 is 2.45 bits per heavy atom. The summed E-state index contributed by atoms with van der Waals surface area (Å²) in [6.07, 6.45) is 2.38. The van der Waals surface area contributed by atoms with Crippen molar-refractivity contribution in [3.63, 3.8) is 0 Å². The molecule has 0 aliphatic heterocycles. The topological polar surface area (TPSA) is 64.9 Å². The number of rotatable bonds is 3. The molecule has 1 atom stereocenters. The smallest absolute Gasteiger partial charge is 0.233 e. The first kappa shape index (κ1) is 7.94. The van der Waals surface area contributed by atoms with Crippen molar-refractivity contribution in [1.82, 2.24) is 10.2 Å². The molecule has 4 nitrogen and oxygen atoms in total. The second-order valence-corrected chi connectivity index (χ2v) is 2.29. The van der Waals surface area contributed by atoms with E-state index in [9.17, 15) is 0 Å². The van der Waals surface area contributed by atoms with E-state index >= 15 is 0 Å². The highest BCUT2D eigenvalue weighted by atomic mass is 16.4. The van der Waals surface area contributed by atoms with E-state index < -0.39 is 0 Å². The van der Waals surface area contributed by atoms with Crippen LogP contribution in [0.25, 0.3) is 0 Å². The van der Waals surface area contributed by atoms with Crippen molar-refractivity contribution < 1.29 is 4.42 Å². The molecule has 0 fully saturated rings. The van der Waals surface area contributed by atoms with Crippen LogP contribution < -0.4 is 5.73 Å². The Kier molecular flexibility index (Phi) is 2.38. The van der Waals surface area contributed by atoms with E-state index in [1.807, 2.05) is 0 Å². The third-order valence-electron chi connectivity index (χ3n) is 1.28. The first-order valence-electron chi connectivity index (χ1n) is 3.40. The quantitative estimate of drug-likeness (QED) is 0.657. The molecule has 4 heteroatoms. The van der Waals surface area contributed by atoms with Gasteiger partial charge in [-0.25, -0.2) is 0 Å². The number of nitrogens with two attached hydrogens (primary N) is 1. The standard InChI is InChI=1S/C7H11N3O/c1-3-4-6(8)7-10-9-5(2)11-7/h3,6H,1,4,8H2,2H3/t6-/m0/s1. The summed E-state index contributed by atoms with van der Waals surface area (Å²) >= 11 is 0. The second-order valence-electron chi connectivity index (χ2n) is 2.29. The Bertz CT molecular complexity index is 244. The Balaban J connectivity index is 2.67. The first-order valence-corrected chi connectivity index (χ1v) is 3.40. The van der Waals surface area contributed by atoms with Gasteiger partial charge in [0, 0.05) is 6.92 Å². The fraction of sp³-hybridized carbons (Fsp3) is 0.429. The minimum absolute atomic E-state index is 0.214. The van der Waals surface area contributed by atoms with Gasteiger partial charge in [-0.1, -0.05) is 6.08 Å². The molecule has 0 aliphatic rings. The number of nitrogens with zero attached hydrogens (tertiary/aromatic N) is 2. The Morgan fingerprint density at radius 3 is 2.91 bits per heavy atom. The molecule has 1 heterocycles. The largest absolute Gasteiger partial charge is 0.424 e. The van der Waals surface area contributed by atoms with Gasteiger partial charge < -0.3 is 10.2 Å². The summed E-state index contributed by atoms with van der Waals surface area (Å²) in [5.74, 6) is 1.02. The Morgan fingerprint density at radius 1 is 1.73 bits per heavy atom. The summed E-state index contributed by atoms with van der Waals surface area (Å²) in [6, 6.07) is -0.214. The summed E-state index contributed by atoms with van der Waals surface area (Å²) in [5.41, 5.74) is 5.65. The van der Waals surface area contributed by atoms with Crippen LogP contribution in [0.4, 0.5) is 0 Å². The molecular weight excluding hydrogens is 142 g/mol. The predicted molar refractivity (Wildman–Crippen MR) is 40.8 cm³/mol. The zero-order valence-electron chi connectivity index (χ0n) is 6.45. The van der Waals surface area contributed by atoms with Crippen molar-refractivity contribution in [1.29, 1.82) is 0 Å². The average Bonchev–Trinajstić information content (AvgIpc) is 2.36. The van der Waals surface area contributed by atoms with Gasteiger partial charge in [0.2, 0.25) is 11.8 Å². The van der Waals surface area contributed by atoms with Crippen LogP contribution in [0.3, 0.4) is 0 Å². The van der Waals surface area contributed by atoms with Gasteiger partial charge in [0.15, 0.2) is 0 Å². The molecule has 1 rings (SSSR count). The van der Waals surface area contributed by atoms with E-state index in [1.54, 1.807) is 13.0 Å². The third-order valence-corrected chi connectivity index (χ3v) is 1.28. The first-order chi connectivity index (χ1) is 5.24. The zero-order valence-corrected chi connectivity index (χ0v) is 6.45. The molecule has 60 valence electrons. The maximum Gasteiger partial charge on any atom is 0.233 e. The van der Waals surface area contributed by atoms with E-state index in [2.05, 4.69) is 16.8 Å². The van der Waals surface area contributed by atoms with Crippen molar-refractivity contribution in [3.05, 3.63) is 24.4 Å². The van der Waals surface area contributed by atoms with Crippen LogP contribution in [0.15, 0.2) is 17.1 Å². The van der Waals surface area contributed by atoms with Crippen LogP contribution in [-0.2, 0) is 0 Å². The highest BCUT2D eigenvalue weighted by Gasteiger charge is 2.10. The highest BCUT2D eigenvalue weighted by Crippen LogP contribution is 2.11. The van der Waals surface area contributed by atoms with Crippen molar-refractivity contribution in [2.24, 2.45) is 5.73 Å². The lowest BCUT2D eigenvalue weighted by molar-refractivity contribution is 0.431. The minimum atomic E-state index is -0.214. The zero-order chi connectivity index (χ0) is 8.27. The lowest BCUT2D eigenvalue weighted by Crippen LogP contribution is -2.09. The number of hydrogen-bond donors (Lipinski definition) is 1. The highest BCUT2D eigenvalue weighted by molar-refractivity contribution is 4.90. The predicted octanol–water partition coefficient (Wildman–Crippen LogP) is 0.954. The summed E-state index contributed by atoms with van der Waals surface area (Å²) in [4.78, 5) is 0. The molecule has 1 aromatic heterocycles. The van der Waals surface area contributed by atoms with Crippen LogP contribution in [-0.4, -0.2) is 10.2 Å². The Labute approximate surface area is 65.1 Å². The molecular formula is C7H11N3O. The van der Waals surface area contributed by atoms with Crippen molar-refractivity contribution >= 4 is 0 Å². The molecule has 2 N–H and O–H groups in total. The normalized spacial score (nSPS) is 12.9. The second kappa shape index (κ2) is 3.30. The Hall–Kier alpha value is -1.16.